The number of ether oxygens (including phenoxy) is 1. The third-order valence-electron chi connectivity index (χ3n) is 4.47. The van der Waals surface area contributed by atoms with Crippen LogP contribution in [0.2, 0.25) is 0 Å². The lowest BCUT2D eigenvalue weighted by Gasteiger charge is -2.15. The molecule has 1 aromatic heterocycles. The Labute approximate surface area is 161 Å². The van der Waals surface area contributed by atoms with Crippen LogP contribution in [-0.2, 0) is 24.1 Å². The number of nitrogen functional groups attached to an aromatic ring is 1. The number of aromatic nitrogens is 2. The molecule has 146 valence electrons. The Kier molecular flexibility index (Phi) is 8.04. The fraction of sp³-hybridized carbons (Fsp3) is 0.476. The number of benzene rings is 1. The molecular weight excluding hydrogens is 340 g/mol. The highest BCUT2D eigenvalue weighted by atomic mass is 16.5. The van der Waals surface area contributed by atoms with Gasteiger partial charge in [-0.25, -0.2) is 4.98 Å². The summed E-state index contributed by atoms with van der Waals surface area (Å²) in [5, 5.41) is 3.40. The molecule has 0 amide bonds. The highest BCUT2D eigenvalue weighted by molar-refractivity contribution is 5.75. The zero-order valence-electron chi connectivity index (χ0n) is 16.5. The maximum atomic E-state index is 11.4. The summed E-state index contributed by atoms with van der Waals surface area (Å²) in [7, 11) is 1.66. The quantitative estimate of drug-likeness (QED) is 0.588. The summed E-state index contributed by atoms with van der Waals surface area (Å²) in [6, 6.07) is 8.06. The van der Waals surface area contributed by atoms with E-state index in [1.807, 2.05) is 12.1 Å². The van der Waals surface area contributed by atoms with E-state index in [2.05, 4.69) is 34.3 Å². The Hall–Kier alpha value is -2.63. The summed E-state index contributed by atoms with van der Waals surface area (Å²) < 4.78 is 5.22. The van der Waals surface area contributed by atoms with Crippen molar-refractivity contribution in [1.82, 2.24) is 9.97 Å². The molecule has 0 radical (unpaired) electrons. The molecule has 0 saturated carbocycles. The van der Waals surface area contributed by atoms with Crippen LogP contribution in [0.3, 0.4) is 0 Å². The van der Waals surface area contributed by atoms with E-state index in [1.54, 1.807) is 14.0 Å². The van der Waals surface area contributed by atoms with Crippen LogP contribution in [0.25, 0.3) is 0 Å². The van der Waals surface area contributed by atoms with Crippen molar-refractivity contribution in [2.45, 2.75) is 52.4 Å². The Balaban J connectivity index is 2.22. The lowest BCUT2D eigenvalue weighted by atomic mass is 10.0. The minimum Gasteiger partial charge on any atom is -0.497 e. The van der Waals surface area contributed by atoms with Crippen LogP contribution in [0.15, 0.2) is 24.3 Å². The number of methoxy groups -OCH3 is 1. The molecule has 2 rings (SSSR count). The van der Waals surface area contributed by atoms with Crippen LogP contribution in [0.4, 0.5) is 11.8 Å². The van der Waals surface area contributed by atoms with Crippen LogP contribution in [0.1, 0.15) is 49.9 Å². The van der Waals surface area contributed by atoms with Crippen molar-refractivity contribution in [3.8, 4) is 5.75 Å². The Bertz CT molecular complexity index is 745. The molecule has 1 aromatic carbocycles. The van der Waals surface area contributed by atoms with Crippen molar-refractivity contribution in [1.29, 1.82) is 0 Å². The summed E-state index contributed by atoms with van der Waals surface area (Å²) in [5.41, 5.74) is 9.05. The molecule has 0 aliphatic heterocycles. The number of nitrogens with two attached hydrogens (primary N) is 1. The van der Waals surface area contributed by atoms with E-state index in [0.29, 0.717) is 12.8 Å². The number of hydrogen-bond acceptors (Lipinski definition) is 6. The highest BCUT2D eigenvalue weighted by Gasteiger charge is 2.14. The van der Waals surface area contributed by atoms with Gasteiger partial charge in [-0.3, -0.25) is 0 Å². The van der Waals surface area contributed by atoms with Gasteiger partial charge in [-0.05, 0) is 50.3 Å². The fourth-order valence-corrected chi connectivity index (χ4v) is 2.90. The molecular formula is C21H30N4O2. The summed E-state index contributed by atoms with van der Waals surface area (Å²) in [4.78, 5) is 20.3. The van der Waals surface area contributed by atoms with Crippen LogP contribution in [0.5, 0.6) is 5.75 Å². The molecule has 0 atom stereocenters. The van der Waals surface area contributed by atoms with Gasteiger partial charge in [-0.15, -0.1) is 0 Å². The van der Waals surface area contributed by atoms with Crippen molar-refractivity contribution in [3.63, 3.8) is 0 Å². The van der Waals surface area contributed by atoms with E-state index in [9.17, 15) is 4.79 Å². The van der Waals surface area contributed by atoms with Gasteiger partial charge in [-0.2, -0.15) is 4.98 Å². The molecule has 2 aromatic rings. The first kappa shape index (κ1) is 20.7. The number of carbonyl (C=O) groups excluding carboxylic acids is 1. The van der Waals surface area contributed by atoms with Crippen molar-refractivity contribution < 1.29 is 9.53 Å². The van der Waals surface area contributed by atoms with E-state index in [-0.39, 0.29) is 11.7 Å². The van der Waals surface area contributed by atoms with Crippen LogP contribution < -0.4 is 15.8 Å². The van der Waals surface area contributed by atoms with Crippen LogP contribution in [-0.4, -0.2) is 29.4 Å². The number of nitrogens with zero attached hydrogens (tertiary/aromatic N) is 2. The molecule has 0 saturated heterocycles. The number of anilines is 2. The Morgan fingerprint density at radius 2 is 1.89 bits per heavy atom. The summed E-state index contributed by atoms with van der Waals surface area (Å²) >= 11 is 0. The Morgan fingerprint density at radius 1 is 1.15 bits per heavy atom. The van der Waals surface area contributed by atoms with E-state index < -0.39 is 0 Å². The van der Waals surface area contributed by atoms with Crippen molar-refractivity contribution in [2.75, 3.05) is 24.7 Å². The van der Waals surface area contributed by atoms with Gasteiger partial charge in [0.2, 0.25) is 5.95 Å². The minimum absolute atomic E-state index is 0.147. The second-order valence-electron chi connectivity index (χ2n) is 6.69. The normalized spacial score (nSPS) is 10.6. The fourth-order valence-electron chi connectivity index (χ4n) is 2.90. The predicted octanol–water partition coefficient (Wildman–Crippen LogP) is 3.59. The maximum Gasteiger partial charge on any atom is 0.222 e. The zero-order valence-corrected chi connectivity index (χ0v) is 16.5. The third-order valence-corrected chi connectivity index (χ3v) is 4.47. The summed E-state index contributed by atoms with van der Waals surface area (Å²) in [6.45, 7) is 4.59. The van der Waals surface area contributed by atoms with Gasteiger partial charge in [0.15, 0.2) is 0 Å². The first-order valence-corrected chi connectivity index (χ1v) is 9.55. The molecule has 0 fully saturated rings. The molecule has 1 heterocycles. The van der Waals surface area contributed by atoms with Crippen LogP contribution in [0, 0.1) is 0 Å². The van der Waals surface area contributed by atoms with E-state index in [0.717, 1.165) is 55.1 Å². The van der Waals surface area contributed by atoms with Crippen LogP contribution >= 0.6 is 0 Å². The molecule has 0 aliphatic carbocycles. The van der Waals surface area contributed by atoms with Gasteiger partial charge in [-0.1, -0.05) is 25.5 Å². The Morgan fingerprint density at radius 3 is 2.52 bits per heavy atom. The number of hydrogen-bond donors (Lipinski definition) is 2. The average Bonchev–Trinajstić information content (AvgIpc) is 2.66. The number of Topliss-reactive ketones (excluding diaryl/α,β-unsaturated/α-hetero) is 1. The SMILES string of the molecule is CCCCNc1nc(N)nc(CCC(C)=O)c1CCc1ccc(OC)cc1. The van der Waals surface area contributed by atoms with Crippen molar-refractivity contribution >= 4 is 17.5 Å². The lowest BCUT2D eigenvalue weighted by Crippen LogP contribution is -2.14. The van der Waals surface area contributed by atoms with Gasteiger partial charge < -0.3 is 20.6 Å². The van der Waals surface area contributed by atoms with Gasteiger partial charge in [0.05, 0.1) is 12.8 Å². The number of nitrogens with one attached hydrogen (secondary N) is 1. The molecule has 0 aliphatic rings. The predicted molar refractivity (Wildman–Crippen MR) is 109 cm³/mol. The zero-order chi connectivity index (χ0) is 19.6. The second-order valence-corrected chi connectivity index (χ2v) is 6.69. The topological polar surface area (TPSA) is 90.1 Å². The molecule has 6 nitrogen and oxygen atoms in total. The number of carbonyl (C=O) groups is 1. The number of aryl methyl sites for hydroxylation is 2. The monoisotopic (exact) mass is 370 g/mol. The lowest BCUT2D eigenvalue weighted by molar-refractivity contribution is -0.117. The molecule has 0 unspecified atom stereocenters. The van der Waals surface area contributed by atoms with Crippen molar-refractivity contribution in [2.24, 2.45) is 0 Å². The highest BCUT2D eigenvalue weighted by Crippen LogP contribution is 2.22. The van der Waals surface area contributed by atoms with Crippen molar-refractivity contribution in [3.05, 3.63) is 41.1 Å². The molecule has 27 heavy (non-hydrogen) atoms. The smallest absolute Gasteiger partial charge is 0.222 e. The first-order chi connectivity index (χ1) is 13.0. The summed E-state index contributed by atoms with van der Waals surface area (Å²) in [6.07, 6.45) is 4.85. The molecule has 6 heteroatoms. The van der Waals surface area contributed by atoms with E-state index >= 15 is 0 Å². The van der Waals surface area contributed by atoms with Gasteiger partial charge >= 0.3 is 0 Å². The average molecular weight is 370 g/mol. The van der Waals surface area contributed by atoms with Gasteiger partial charge in [0.25, 0.3) is 0 Å². The molecule has 3 N–H and O–H groups in total. The standard InChI is InChI=1S/C21H30N4O2/c1-4-5-14-23-20-18(12-9-16-7-10-17(27-3)11-8-16)19(13-6-15(2)26)24-21(22)25-20/h7-8,10-11H,4-6,9,12-14H2,1-3H3,(H3,22,23,24,25). The third kappa shape index (κ3) is 6.55. The maximum absolute atomic E-state index is 11.4. The second kappa shape index (κ2) is 10.5. The largest absolute Gasteiger partial charge is 0.497 e. The minimum atomic E-state index is 0.147. The first-order valence-electron chi connectivity index (χ1n) is 9.55. The van der Waals surface area contributed by atoms with E-state index in [1.165, 1.54) is 5.56 Å². The van der Waals surface area contributed by atoms with Gasteiger partial charge in [0.1, 0.15) is 17.4 Å². The molecule has 0 spiro atoms. The van der Waals surface area contributed by atoms with E-state index in [4.69, 9.17) is 10.5 Å². The number of unbranched alkanes of at least 4 members (excludes halogenated alkanes) is 1. The summed E-state index contributed by atoms with van der Waals surface area (Å²) in [5.74, 6) is 2.04. The molecule has 0 bridgehead atoms. The number of ketones is 1. The number of rotatable bonds is 11. The van der Waals surface area contributed by atoms with Gasteiger partial charge in [0, 0.05) is 18.5 Å².